The van der Waals surface area contributed by atoms with Crippen molar-refractivity contribution in [3.05, 3.63) is 58.3 Å². The Morgan fingerprint density at radius 3 is 2.69 bits per heavy atom. The lowest BCUT2D eigenvalue weighted by molar-refractivity contribution is 0.302. The predicted molar refractivity (Wildman–Crippen MR) is 67.4 cm³/mol. The third-order valence-electron chi connectivity index (χ3n) is 2.27. The molecule has 0 bridgehead atoms. The third kappa shape index (κ3) is 2.83. The molecule has 0 unspecified atom stereocenters. The lowest BCUT2D eigenvalue weighted by Gasteiger charge is -2.08. The van der Waals surface area contributed by atoms with Gasteiger partial charge in [-0.15, -0.1) is 0 Å². The van der Waals surface area contributed by atoms with E-state index in [2.05, 4.69) is 20.9 Å². The van der Waals surface area contributed by atoms with Crippen LogP contribution in [0.25, 0.3) is 0 Å². The molecule has 82 valence electrons. The molecule has 0 aliphatic rings. The number of hydrogen-bond donors (Lipinski definition) is 0. The first-order chi connectivity index (χ1) is 7.75. The standard InChI is InChI=1S/C13H12BrNO/c1-10-7-13(14)15-8-12(10)16-9-11-5-3-2-4-6-11/h2-8H,9H2,1H3. The van der Waals surface area contributed by atoms with Gasteiger partial charge in [-0.25, -0.2) is 4.98 Å². The first kappa shape index (κ1) is 11.1. The number of nitrogens with zero attached hydrogens (tertiary/aromatic N) is 1. The number of rotatable bonds is 3. The summed E-state index contributed by atoms with van der Waals surface area (Å²) < 4.78 is 6.53. The normalized spacial score (nSPS) is 10.1. The Bertz CT molecular complexity index is 471. The maximum atomic E-state index is 5.69. The van der Waals surface area contributed by atoms with Gasteiger partial charge in [-0.1, -0.05) is 30.3 Å². The summed E-state index contributed by atoms with van der Waals surface area (Å²) in [7, 11) is 0. The zero-order valence-corrected chi connectivity index (χ0v) is 10.6. The van der Waals surface area contributed by atoms with Crippen molar-refractivity contribution in [1.29, 1.82) is 0 Å². The van der Waals surface area contributed by atoms with Gasteiger partial charge in [0, 0.05) is 0 Å². The fourth-order valence-corrected chi connectivity index (χ4v) is 1.84. The molecule has 2 rings (SSSR count). The van der Waals surface area contributed by atoms with Crippen LogP contribution in [0.5, 0.6) is 5.75 Å². The average molecular weight is 278 g/mol. The summed E-state index contributed by atoms with van der Waals surface area (Å²) in [6.45, 7) is 2.58. The Labute approximate surface area is 103 Å². The van der Waals surface area contributed by atoms with Gasteiger partial charge in [0.2, 0.25) is 0 Å². The third-order valence-corrected chi connectivity index (χ3v) is 2.70. The van der Waals surface area contributed by atoms with E-state index in [1.165, 1.54) is 0 Å². The van der Waals surface area contributed by atoms with E-state index in [1.54, 1.807) is 6.20 Å². The minimum atomic E-state index is 0.574. The summed E-state index contributed by atoms with van der Waals surface area (Å²) in [5.41, 5.74) is 2.24. The molecule has 0 saturated carbocycles. The van der Waals surface area contributed by atoms with Gasteiger partial charge in [0.1, 0.15) is 17.0 Å². The van der Waals surface area contributed by atoms with Crippen LogP contribution in [0.15, 0.2) is 47.2 Å². The van der Waals surface area contributed by atoms with Crippen molar-refractivity contribution < 1.29 is 4.74 Å². The van der Waals surface area contributed by atoms with Gasteiger partial charge in [-0.2, -0.15) is 0 Å². The predicted octanol–water partition coefficient (Wildman–Crippen LogP) is 3.73. The first-order valence-corrected chi connectivity index (χ1v) is 5.84. The minimum absolute atomic E-state index is 0.574. The van der Waals surface area contributed by atoms with Gasteiger partial charge in [0.25, 0.3) is 0 Å². The highest BCUT2D eigenvalue weighted by atomic mass is 79.9. The van der Waals surface area contributed by atoms with Crippen LogP contribution in [-0.4, -0.2) is 4.98 Å². The zero-order chi connectivity index (χ0) is 11.4. The zero-order valence-electron chi connectivity index (χ0n) is 8.98. The summed E-state index contributed by atoms with van der Waals surface area (Å²) in [6, 6.07) is 12.0. The summed E-state index contributed by atoms with van der Waals surface area (Å²) in [5.74, 6) is 0.826. The molecule has 1 aromatic carbocycles. The van der Waals surface area contributed by atoms with E-state index in [0.29, 0.717) is 6.61 Å². The van der Waals surface area contributed by atoms with E-state index in [9.17, 15) is 0 Å². The van der Waals surface area contributed by atoms with Gasteiger partial charge in [0.05, 0.1) is 6.20 Å². The largest absolute Gasteiger partial charge is 0.487 e. The number of aryl methyl sites for hydroxylation is 1. The molecule has 0 amide bonds. The summed E-state index contributed by atoms with van der Waals surface area (Å²) in [5, 5.41) is 0. The number of benzene rings is 1. The second-order valence-corrected chi connectivity index (χ2v) is 4.36. The Balaban J connectivity index is 2.05. The van der Waals surface area contributed by atoms with Crippen molar-refractivity contribution in [1.82, 2.24) is 4.98 Å². The molecule has 16 heavy (non-hydrogen) atoms. The Morgan fingerprint density at radius 2 is 2.00 bits per heavy atom. The average Bonchev–Trinajstić information content (AvgIpc) is 2.29. The van der Waals surface area contributed by atoms with Crippen molar-refractivity contribution in [3.8, 4) is 5.75 Å². The number of pyridine rings is 1. The highest BCUT2D eigenvalue weighted by Crippen LogP contribution is 2.20. The maximum Gasteiger partial charge on any atom is 0.141 e. The summed E-state index contributed by atoms with van der Waals surface area (Å²) in [6.07, 6.45) is 1.74. The summed E-state index contributed by atoms with van der Waals surface area (Å²) >= 11 is 3.33. The van der Waals surface area contributed by atoms with Crippen molar-refractivity contribution in [3.63, 3.8) is 0 Å². The molecule has 0 fully saturated rings. The quantitative estimate of drug-likeness (QED) is 0.798. The molecule has 0 atom stereocenters. The van der Waals surface area contributed by atoms with E-state index in [4.69, 9.17) is 4.74 Å². The van der Waals surface area contributed by atoms with Crippen LogP contribution in [-0.2, 0) is 6.61 Å². The van der Waals surface area contributed by atoms with Crippen LogP contribution in [0, 0.1) is 6.92 Å². The molecular weight excluding hydrogens is 266 g/mol. The van der Waals surface area contributed by atoms with E-state index in [1.807, 2.05) is 43.3 Å². The van der Waals surface area contributed by atoms with Crippen LogP contribution in [0.3, 0.4) is 0 Å². The second kappa shape index (κ2) is 5.12. The summed E-state index contributed by atoms with van der Waals surface area (Å²) in [4.78, 5) is 4.14. The Hall–Kier alpha value is -1.35. The lowest BCUT2D eigenvalue weighted by atomic mass is 10.2. The van der Waals surface area contributed by atoms with E-state index >= 15 is 0 Å². The SMILES string of the molecule is Cc1cc(Br)ncc1OCc1ccccc1. The molecule has 1 heterocycles. The number of halogens is 1. The van der Waals surface area contributed by atoms with Crippen molar-refractivity contribution >= 4 is 15.9 Å². The van der Waals surface area contributed by atoms with Crippen molar-refractivity contribution in [2.24, 2.45) is 0 Å². The number of aromatic nitrogens is 1. The smallest absolute Gasteiger partial charge is 0.141 e. The second-order valence-electron chi connectivity index (χ2n) is 3.55. The molecule has 0 aliphatic carbocycles. The molecule has 0 aliphatic heterocycles. The molecule has 0 N–H and O–H groups in total. The Morgan fingerprint density at radius 1 is 1.25 bits per heavy atom. The monoisotopic (exact) mass is 277 g/mol. The molecular formula is C13H12BrNO. The van der Waals surface area contributed by atoms with Crippen molar-refractivity contribution in [2.45, 2.75) is 13.5 Å². The lowest BCUT2D eigenvalue weighted by Crippen LogP contribution is -1.97. The number of hydrogen-bond acceptors (Lipinski definition) is 2. The van der Waals surface area contributed by atoms with Crippen LogP contribution in [0.1, 0.15) is 11.1 Å². The fraction of sp³-hybridized carbons (Fsp3) is 0.154. The van der Waals surface area contributed by atoms with E-state index in [-0.39, 0.29) is 0 Å². The Kier molecular flexibility index (Phi) is 3.57. The minimum Gasteiger partial charge on any atom is -0.487 e. The van der Waals surface area contributed by atoms with Gasteiger partial charge in [-0.3, -0.25) is 0 Å². The van der Waals surface area contributed by atoms with Crippen LogP contribution in [0.4, 0.5) is 0 Å². The molecule has 0 saturated heterocycles. The van der Waals surface area contributed by atoms with E-state index in [0.717, 1.165) is 21.5 Å². The maximum absolute atomic E-state index is 5.69. The molecule has 3 heteroatoms. The van der Waals surface area contributed by atoms with Crippen LogP contribution < -0.4 is 4.74 Å². The molecule has 2 nitrogen and oxygen atoms in total. The van der Waals surface area contributed by atoms with Crippen LogP contribution >= 0.6 is 15.9 Å². The number of ether oxygens (including phenoxy) is 1. The highest BCUT2D eigenvalue weighted by molar-refractivity contribution is 9.10. The van der Waals surface area contributed by atoms with Gasteiger partial charge in [0.15, 0.2) is 0 Å². The highest BCUT2D eigenvalue weighted by Gasteiger charge is 2.01. The molecule has 0 radical (unpaired) electrons. The van der Waals surface area contributed by atoms with Gasteiger partial charge >= 0.3 is 0 Å². The fourth-order valence-electron chi connectivity index (χ4n) is 1.40. The topological polar surface area (TPSA) is 22.1 Å². The first-order valence-electron chi connectivity index (χ1n) is 5.04. The molecule has 2 aromatic rings. The van der Waals surface area contributed by atoms with Gasteiger partial charge < -0.3 is 4.74 Å². The van der Waals surface area contributed by atoms with Gasteiger partial charge in [-0.05, 0) is 40.0 Å². The van der Waals surface area contributed by atoms with Crippen LogP contribution in [0.2, 0.25) is 0 Å². The van der Waals surface area contributed by atoms with Crippen molar-refractivity contribution in [2.75, 3.05) is 0 Å². The molecule has 0 spiro atoms. The van der Waals surface area contributed by atoms with E-state index < -0.39 is 0 Å². The molecule has 1 aromatic heterocycles.